The van der Waals surface area contributed by atoms with Crippen LogP contribution in [-0.4, -0.2) is 66.8 Å². The number of esters is 1. The molecule has 6 heteroatoms. The summed E-state index contributed by atoms with van der Waals surface area (Å²) >= 11 is 0. The van der Waals surface area contributed by atoms with Gasteiger partial charge in [0.25, 0.3) is 0 Å². The maximum atomic E-state index is 11.8. The molecule has 0 aromatic rings. The quantitative estimate of drug-likeness (QED) is 0.768. The lowest BCUT2D eigenvalue weighted by molar-refractivity contribution is -0.159. The first-order chi connectivity index (χ1) is 8.85. The maximum absolute atomic E-state index is 11.8. The van der Waals surface area contributed by atoms with E-state index in [2.05, 4.69) is 0 Å². The Morgan fingerprint density at radius 1 is 1.37 bits per heavy atom. The summed E-state index contributed by atoms with van der Waals surface area (Å²) in [7, 11) is 4.73. The van der Waals surface area contributed by atoms with Gasteiger partial charge in [0.2, 0.25) is 0 Å². The minimum Gasteiger partial charge on any atom is -0.469 e. The Balaban J connectivity index is 2.69. The lowest BCUT2D eigenvalue weighted by Crippen LogP contribution is -2.54. The molecule has 0 spiro atoms. The molecule has 6 nitrogen and oxygen atoms in total. The smallest absolute Gasteiger partial charge is 0.319 e. The lowest BCUT2D eigenvalue weighted by Gasteiger charge is -2.42. The van der Waals surface area contributed by atoms with Gasteiger partial charge in [0, 0.05) is 27.2 Å². The average molecular weight is 272 g/mol. The molecule has 1 aliphatic rings. The number of carbonyl (C=O) groups excluding carboxylic acids is 2. The lowest BCUT2D eigenvalue weighted by atomic mass is 9.78. The van der Waals surface area contributed by atoms with Crippen molar-refractivity contribution in [2.45, 2.75) is 31.8 Å². The van der Waals surface area contributed by atoms with E-state index in [1.165, 1.54) is 12.0 Å². The van der Waals surface area contributed by atoms with Crippen molar-refractivity contribution in [1.29, 1.82) is 0 Å². The van der Waals surface area contributed by atoms with Crippen molar-refractivity contribution in [2.75, 3.05) is 34.3 Å². The van der Waals surface area contributed by atoms with Gasteiger partial charge in [-0.25, -0.2) is 4.79 Å². The van der Waals surface area contributed by atoms with Gasteiger partial charge in [0.1, 0.15) is 0 Å². The van der Waals surface area contributed by atoms with Crippen molar-refractivity contribution in [1.82, 2.24) is 9.80 Å². The first-order valence-corrected chi connectivity index (χ1v) is 6.62. The van der Waals surface area contributed by atoms with Gasteiger partial charge in [-0.05, 0) is 19.3 Å². The number of rotatable bonds is 3. The molecule has 0 aromatic carbocycles. The normalized spacial score (nSPS) is 19.7. The van der Waals surface area contributed by atoms with Gasteiger partial charge >= 0.3 is 12.0 Å². The summed E-state index contributed by atoms with van der Waals surface area (Å²) < 4.78 is 4.75. The summed E-state index contributed by atoms with van der Waals surface area (Å²) in [6.45, 7) is 2.78. The van der Waals surface area contributed by atoms with Crippen molar-refractivity contribution >= 4 is 12.0 Å². The summed E-state index contributed by atoms with van der Waals surface area (Å²) in [5.41, 5.74) is -1.06. The average Bonchev–Trinajstić information content (AvgIpc) is 2.39. The zero-order valence-corrected chi connectivity index (χ0v) is 12.2. The SMILES string of the molecule is CCC(C(=O)OC)C1(O)CCN(C(=O)N(C)C)CC1. The minimum atomic E-state index is -1.06. The third kappa shape index (κ3) is 3.37. The molecule has 1 fully saturated rings. The van der Waals surface area contributed by atoms with Crippen molar-refractivity contribution < 1.29 is 19.4 Å². The molecule has 0 bridgehead atoms. The molecule has 0 aliphatic carbocycles. The summed E-state index contributed by atoms with van der Waals surface area (Å²) in [5.74, 6) is -0.897. The molecular formula is C13H24N2O4. The number of carbonyl (C=O) groups is 2. The van der Waals surface area contributed by atoms with E-state index in [9.17, 15) is 14.7 Å². The zero-order chi connectivity index (χ0) is 14.6. The number of likely N-dealkylation sites (tertiary alicyclic amines) is 1. The Bertz CT molecular complexity index is 336. The minimum absolute atomic E-state index is 0.0619. The topological polar surface area (TPSA) is 70.1 Å². The van der Waals surface area contributed by atoms with Crippen LogP contribution in [-0.2, 0) is 9.53 Å². The van der Waals surface area contributed by atoms with Crippen molar-refractivity contribution in [3.63, 3.8) is 0 Å². The molecular weight excluding hydrogens is 248 g/mol. The van der Waals surface area contributed by atoms with Crippen LogP contribution in [0.15, 0.2) is 0 Å². The number of amides is 2. The van der Waals surface area contributed by atoms with Crippen molar-refractivity contribution in [2.24, 2.45) is 5.92 Å². The molecule has 0 radical (unpaired) electrons. The van der Waals surface area contributed by atoms with E-state index in [-0.39, 0.29) is 12.0 Å². The van der Waals surface area contributed by atoms with Crippen LogP contribution >= 0.6 is 0 Å². The van der Waals surface area contributed by atoms with E-state index in [1.807, 2.05) is 6.92 Å². The van der Waals surface area contributed by atoms with Crippen LogP contribution in [0.25, 0.3) is 0 Å². The molecule has 1 atom stereocenters. The number of methoxy groups -OCH3 is 1. The molecule has 2 amide bonds. The second kappa shape index (κ2) is 6.23. The van der Waals surface area contributed by atoms with E-state index in [0.29, 0.717) is 32.4 Å². The maximum Gasteiger partial charge on any atom is 0.319 e. The fraction of sp³-hybridized carbons (Fsp3) is 0.846. The summed E-state index contributed by atoms with van der Waals surface area (Å²) in [6.07, 6.45) is 1.34. The summed E-state index contributed by atoms with van der Waals surface area (Å²) in [5, 5.41) is 10.6. The first-order valence-electron chi connectivity index (χ1n) is 6.62. The Labute approximate surface area is 114 Å². The van der Waals surface area contributed by atoms with Crippen molar-refractivity contribution in [3.8, 4) is 0 Å². The Morgan fingerprint density at radius 3 is 2.26 bits per heavy atom. The Kier molecular flexibility index (Phi) is 5.17. The highest BCUT2D eigenvalue weighted by molar-refractivity contribution is 5.75. The molecule has 110 valence electrons. The number of piperidine rings is 1. The number of aliphatic hydroxyl groups is 1. The largest absolute Gasteiger partial charge is 0.469 e. The van der Waals surface area contributed by atoms with Crippen molar-refractivity contribution in [3.05, 3.63) is 0 Å². The molecule has 1 unspecified atom stereocenters. The summed E-state index contributed by atoms with van der Waals surface area (Å²) in [4.78, 5) is 26.7. The van der Waals surface area contributed by atoms with E-state index in [1.54, 1.807) is 19.0 Å². The standard InChI is InChI=1S/C13H24N2O4/c1-5-10(11(16)19-4)13(18)6-8-15(9-7-13)12(17)14(2)3/h10,18H,5-9H2,1-4H3. The molecule has 1 aliphatic heterocycles. The predicted molar refractivity (Wildman–Crippen MR) is 70.6 cm³/mol. The van der Waals surface area contributed by atoms with E-state index < -0.39 is 11.5 Å². The first kappa shape index (κ1) is 15.8. The number of ether oxygens (including phenoxy) is 1. The molecule has 0 saturated carbocycles. The number of hydrogen-bond acceptors (Lipinski definition) is 4. The van der Waals surface area contributed by atoms with Gasteiger partial charge in [0.05, 0.1) is 18.6 Å². The van der Waals surface area contributed by atoms with Gasteiger partial charge in [-0.2, -0.15) is 0 Å². The van der Waals surface area contributed by atoms with Crippen LogP contribution in [0.4, 0.5) is 4.79 Å². The number of urea groups is 1. The highest BCUT2D eigenvalue weighted by atomic mass is 16.5. The van der Waals surface area contributed by atoms with Crippen LogP contribution in [0, 0.1) is 5.92 Å². The monoisotopic (exact) mass is 272 g/mol. The van der Waals surface area contributed by atoms with Gasteiger partial charge < -0.3 is 19.6 Å². The van der Waals surface area contributed by atoms with E-state index in [0.717, 1.165) is 0 Å². The van der Waals surface area contributed by atoms with Crippen LogP contribution in [0.3, 0.4) is 0 Å². The third-order valence-electron chi connectivity index (χ3n) is 3.82. The van der Waals surface area contributed by atoms with Gasteiger partial charge in [-0.1, -0.05) is 6.92 Å². The van der Waals surface area contributed by atoms with Crippen LogP contribution in [0.1, 0.15) is 26.2 Å². The second-order valence-electron chi connectivity index (χ2n) is 5.25. The Hall–Kier alpha value is -1.30. The molecule has 1 saturated heterocycles. The molecule has 0 aromatic heterocycles. The van der Waals surface area contributed by atoms with Gasteiger partial charge in [-0.15, -0.1) is 0 Å². The highest BCUT2D eigenvalue weighted by Gasteiger charge is 2.44. The predicted octanol–water partition coefficient (Wildman–Crippen LogP) is 0.694. The highest BCUT2D eigenvalue weighted by Crippen LogP contribution is 2.33. The molecule has 1 rings (SSSR count). The van der Waals surface area contributed by atoms with E-state index >= 15 is 0 Å². The third-order valence-corrected chi connectivity index (χ3v) is 3.82. The fourth-order valence-corrected chi connectivity index (χ4v) is 2.62. The molecule has 1 N–H and O–H groups in total. The van der Waals surface area contributed by atoms with Crippen LogP contribution in [0.2, 0.25) is 0 Å². The number of nitrogens with zero attached hydrogens (tertiary/aromatic N) is 2. The van der Waals surface area contributed by atoms with Crippen LogP contribution < -0.4 is 0 Å². The van der Waals surface area contributed by atoms with Crippen LogP contribution in [0.5, 0.6) is 0 Å². The Morgan fingerprint density at radius 2 is 1.89 bits per heavy atom. The van der Waals surface area contributed by atoms with E-state index in [4.69, 9.17) is 4.74 Å². The van der Waals surface area contributed by atoms with Gasteiger partial charge in [-0.3, -0.25) is 4.79 Å². The van der Waals surface area contributed by atoms with Gasteiger partial charge in [0.15, 0.2) is 0 Å². The molecule has 1 heterocycles. The zero-order valence-electron chi connectivity index (χ0n) is 12.2. The summed E-state index contributed by atoms with van der Waals surface area (Å²) in [6, 6.07) is -0.0619. The number of hydrogen-bond donors (Lipinski definition) is 1. The molecule has 19 heavy (non-hydrogen) atoms. The second-order valence-corrected chi connectivity index (χ2v) is 5.25. The fourth-order valence-electron chi connectivity index (χ4n) is 2.62.